The molecule has 1 heterocycles. The van der Waals surface area contributed by atoms with Gasteiger partial charge in [-0.3, -0.25) is 4.79 Å². The molecule has 2 fully saturated rings. The summed E-state index contributed by atoms with van der Waals surface area (Å²) in [6.45, 7) is 4.46. The van der Waals surface area contributed by atoms with E-state index in [4.69, 9.17) is 15.2 Å². The second-order valence-corrected chi connectivity index (χ2v) is 5.24. The normalized spacial score (nSPS) is 36.8. The molecule has 16 heavy (non-hydrogen) atoms. The molecule has 2 unspecified atom stereocenters. The molecule has 0 amide bonds. The van der Waals surface area contributed by atoms with Crippen molar-refractivity contribution in [1.29, 1.82) is 0 Å². The molecule has 1 aliphatic heterocycles. The molecule has 92 valence electrons. The van der Waals surface area contributed by atoms with Gasteiger partial charge < -0.3 is 15.2 Å². The zero-order valence-electron chi connectivity index (χ0n) is 10.1. The van der Waals surface area contributed by atoms with Gasteiger partial charge in [0, 0.05) is 19.4 Å². The maximum absolute atomic E-state index is 11.9. The average molecular weight is 227 g/mol. The molecule has 4 nitrogen and oxygen atoms in total. The van der Waals surface area contributed by atoms with Crippen LogP contribution in [0.15, 0.2) is 0 Å². The van der Waals surface area contributed by atoms with Gasteiger partial charge in [-0.15, -0.1) is 0 Å². The molecule has 2 aliphatic rings. The summed E-state index contributed by atoms with van der Waals surface area (Å²) in [6, 6.07) is 0. The minimum absolute atomic E-state index is 0.00951. The molecule has 4 heteroatoms. The van der Waals surface area contributed by atoms with Gasteiger partial charge in [-0.25, -0.2) is 0 Å². The summed E-state index contributed by atoms with van der Waals surface area (Å²) in [5.74, 6) is -0.0960. The Balaban J connectivity index is 1.87. The average Bonchev–Trinajstić information content (AvgIpc) is 2.96. The lowest BCUT2D eigenvalue weighted by Crippen LogP contribution is -2.38. The molecule has 2 rings (SSSR count). The van der Waals surface area contributed by atoms with E-state index < -0.39 is 0 Å². The Hall–Kier alpha value is -0.610. The third-order valence-corrected chi connectivity index (χ3v) is 3.61. The first kappa shape index (κ1) is 11.9. The first-order chi connectivity index (χ1) is 7.55. The van der Waals surface area contributed by atoms with E-state index in [0.29, 0.717) is 6.54 Å². The van der Waals surface area contributed by atoms with Crippen LogP contribution in [-0.2, 0) is 14.3 Å². The highest BCUT2D eigenvalue weighted by Crippen LogP contribution is 2.46. The molecule has 0 aromatic rings. The standard InChI is InChI=1S/C12H21NO3/c1-8-5-10(6-9(2)15-8)16-11(14)12(7-13)3-4-12/h8-10H,3-7,13H2,1-2H3. The molecule has 0 spiro atoms. The summed E-state index contributed by atoms with van der Waals surface area (Å²) >= 11 is 0. The van der Waals surface area contributed by atoms with E-state index in [1.54, 1.807) is 0 Å². The van der Waals surface area contributed by atoms with Crippen LogP contribution in [0.4, 0.5) is 0 Å². The van der Waals surface area contributed by atoms with E-state index in [-0.39, 0.29) is 29.7 Å². The zero-order chi connectivity index (χ0) is 11.8. The van der Waals surface area contributed by atoms with Crippen LogP contribution < -0.4 is 5.73 Å². The predicted octanol–water partition coefficient (Wildman–Crippen LogP) is 1.22. The summed E-state index contributed by atoms with van der Waals surface area (Å²) < 4.78 is 11.2. The van der Waals surface area contributed by atoms with Gasteiger partial charge >= 0.3 is 5.97 Å². The third-order valence-electron chi connectivity index (χ3n) is 3.61. The number of ether oxygens (including phenoxy) is 2. The zero-order valence-corrected chi connectivity index (χ0v) is 10.1. The SMILES string of the molecule is CC1CC(OC(=O)C2(CN)CC2)CC(C)O1. The minimum Gasteiger partial charge on any atom is -0.462 e. The fourth-order valence-corrected chi connectivity index (χ4v) is 2.36. The lowest BCUT2D eigenvalue weighted by atomic mass is 10.0. The second-order valence-electron chi connectivity index (χ2n) is 5.24. The van der Waals surface area contributed by atoms with Crippen LogP contribution in [0, 0.1) is 5.41 Å². The van der Waals surface area contributed by atoms with Crippen LogP contribution in [-0.4, -0.2) is 30.8 Å². The number of hydrogen-bond donors (Lipinski definition) is 1. The summed E-state index contributed by atoms with van der Waals surface area (Å²) in [7, 11) is 0. The van der Waals surface area contributed by atoms with E-state index >= 15 is 0 Å². The first-order valence-corrected chi connectivity index (χ1v) is 6.12. The molecule has 2 atom stereocenters. The van der Waals surface area contributed by atoms with Crippen LogP contribution in [0.5, 0.6) is 0 Å². The lowest BCUT2D eigenvalue weighted by Gasteiger charge is -2.32. The summed E-state index contributed by atoms with van der Waals surface area (Å²) in [5.41, 5.74) is 5.26. The number of carbonyl (C=O) groups excluding carboxylic acids is 1. The molecule has 1 saturated heterocycles. The fourth-order valence-electron chi connectivity index (χ4n) is 2.36. The minimum atomic E-state index is -0.342. The molecule has 0 aromatic carbocycles. The van der Waals surface area contributed by atoms with Gasteiger partial charge in [-0.1, -0.05) is 0 Å². The molecular formula is C12H21NO3. The molecule has 0 radical (unpaired) electrons. The lowest BCUT2D eigenvalue weighted by molar-refractivity contribution is -0.165. The van der Waals surface area contributed by atoms with Crippen molar-refractivity contribution in [3.05, 3.63) is 0 Å². The highest BCUT2D eigenvalue weighted by Gasteiger charge is 2.51. The fraction of sp³-hybridized carbons (Fsp3) is 0.917. The number of esters is 1. The molecular weight excluding hydrogens is 206 g/mol. The van der Waals surface area contributed by atoms with Crippen molar-refractivity contribution in [1.82, 2.24) is 0 Å². The van der Waals surface area contributed by atoms with Crippen molar-refractivity contribution >= 4 is 5.97 Å². The van der Waals surface area contributed by atoms with Crippen LogP contribution in [0.3, 0.4) is 0 Å². The van der Waals surface area contributed by atoms with Gasteiger partial charge in [0.05, 0.1) is 17.6 Å². The molecule has 1 saturated carbocycles. The van der Waals surface area contributed by atoms with Gasteiger partial charge in [-0.05, 0) is 26.7 Å². The van der Waals surface area contributed by atoms with Crippen molar-refractivity contribution in [2.45, 2.75) is 57.8 Å². The van der Waals surface area contributed by atoms with Crippen molar-refractivity contribution in [2.75, 3.05) is 6.54 Å². The van der Waals surface area contributed by atoms with Gasteiger partial charge in [0.2, 0.25) is 0 Å². The van der Waals surface area contributed by atoms with Crippen LogP contribution >= 0.6 is 0 Å². The largest absolute Gasteiger partial charge is 0.462 e. The Morgan fingerprint density at radius 3 is 2.38 bits per heavy atom. The second kappa shape index (κ2) is 4.34. The van der Waals surface area contributed by atoms with Crippen LogP contribution in [0.2, 0.25) is 0 Å². The first-order valence-electron chi connectivity index (χ1n) is 6.12. The van der Waals surface area contributed by atoms with Crippen molar-refractivity contribution < 1.29 is 14.3 Å². The summed E-state index contributed by atoms with van der Waals surface area (Å²) in [5, 5.41) is 0. The Morgan fingerprint density at radius 1 is 1.38 bits per heavy atom. The number of carbonyl (C=O) groups is 1. The number of rotatable bonds is 3. The summed E-state index contributed by atoms with van der Waals surface area (Å²) in [6.07, 6.45) is 3.74. The quantitative estimate of drug-likeness (QED) is 0.736. The Kier molecular flexibility index (Phi) is 3.22. The third kappa shape index (κ3) is 2.38. The van der Waals surface area contributed by atoms with Crippen molar-refractivity contribution in [2.24, 2.45) is 11.1 Å². The van der Waals surface area contributed by atoms with Crippen molar-refractivity contribution in [3.63, 3.8) is 0 Å². The maximum atomic E-state index is 11.9. The topological polar surface area (TPSA) is 61.5 Å². The molecule has 2 N–H and O–H groups in total. The molecule has 0 bridgehead atoms. The smallest absolute Gasteiger partial charge is 0.313 e. The number of nitrogens with two attached hydrogens (primary N) is 1. The van der Waals surface area contributed by atoms with Gasteiger partial charge in [-0.2, -0.15) is 0 Å². The predicted molar refractivity (Wildman–Crippen MR) is 59.8 cm³/mol. The van der Waals surface area contributed by atoms with Gasteiger partial charge in [0.25, 0.3) is 0 Å². The van der Waals surface area contributed by atoms with Gasteiger partial charge in [0.1, 0.15) is 6.10 Å². The number of hydrogen-bond acceptors (Lipinski definition) is 4. The summed E-state index contributed by atoms with van der Waals surface area (Å²) in [4.78, 5) is 11.9. The maximum Gasteiger partial charge on any atom is 0.313 e. The van der Waals surface area contributed by atoms with E-state index in [1.807, 2.05) is 13.8 Å². The Morgan fingerprint density at radius 2 is 1.94 bits per heavy atom. The van der Waals surface area contributed by atoms with Gasteiger partial charge in [0.15, 0.2) is 0 Å². The Labute approximate surface area is 96.5 Å². The van der Waals surface area contributed by atoms with Crippen molar-refractivity contribution in [3.8, 4) is 0 Å². The highest BCUT2D eigenvalue weighted by molar-refractivity contribution is 5.80. The Bertz CT molecular complexity index is 265. The monoisotopic (exact) mass is 227 g/mol. The highest BCUT2D eigenvalue weighted by atomic mass is 16.6. The molecule has 0 aromatic heterocycles. The van der Waals surface area contributed by atoms with E-state index in [2.05, 4.69) is 0 Å². The molecule has 1 aliphatic carbocycles. The van der Waals surface area contributed by atoms with Crippen LogP contribution in [0.25, 0.3) is 0 Å². The van der Waals surface area contributed by atoms with E-state index in [9.17, 15) is 4.79 Å². The van der Waals surface area contributed by atoms with E-state index in [1.165, 1.54) is 0 Å². The van der Waals surface area contributed by atoms with Crippen LogP contribution in [0.1, 0.15) is 39.5 Å². The van der Waals surface area contributed by atoms with E-state index in [0.717, 1.165) is 25.7 Å².